The molecule has 0 amide bonds. The van der Waals surface area contributed by atoms with Crippen molar-refractivity contribution in [1.29, 1.82) is 0 Å². The summed E-state index contributed by atoms with van der Waals surface area (Å²) in [5, 5.41) is 11.4. The summed E-state index contributed by atoms with van der Waals surface area (Å²) in [5.74, 6) is 0. The number of sulfonamides is 1. The number of nitrogens with two attached hydrogens (primary N) is 1. The van der Waals surface area contributed by atoms with Crippen molar-refractivity contribution in [3.05, 3.63) is 69.2 Å². The Labute approximate surface area is 162 Å². The molecule has 1 fully saturated rings. The molecule has 0 radical (unpaired) electrons. The maximum atomic E-state index is 12.9. The van der Waals surface area contributed by atoms with Gasteiger partial charge in [-0.1, -0.05) is 23.7 Å². The van der Waals surface area contributed by atoms with Gasteiger partial charge in [0.25, 0.3) is 5.69 Å². The van der Waals surface area contributed by atoms with Gasteiger partial charge in [0.2, 0.25) is 10.0 Å². The van der Waals surface area contributed by atoms with Crippen LogP contribution >= 0.6 is 11.6 Å². The zero-order chi connectivity index (χ0) is 19.7. The van der Waals surface area contributed by atoms with Gasteiger partial charge in [0, 0.05) is 35.8 Å². The number of benzene rings is 2. The first-order chi connectivity index (χ1) is 12.7. The zero-order valence-electron chi connectivity index (χ0n) is 14.5. The molecular formula is C18H20ClN3O4S. The van der Waals surface area contributed by atoms with Gasteiger partial charge in [0.15, 0.2) is 0 Å². The van der Waals surface area contributed by atoms with Crippen molar-refractivity contribution < 1.29 is 13.3 Å². The normalized spacial score (nSPS) is 21.1. The maximum Gasteiger partial charge on any atom is 0.269 e. The highest BCUT2D eigenvalue weighted by molar-refractivity contribution is 7.89. The Balaban J connectivity index is 1.79. The van der Waals surface area contributed by atoms with E-state index >= 15 is 0 Å². The zero-order valence-corrected chi connectivity index (χ0v) is 16.1. The van der Waals surface area contributed by atoms with Crippen molar-refractivity contribution in [2.24, 2.45) is 5.73 Å². The second-order valence-electron chi connectivity index (χ2n) is 6.86. The number of non-ortho nitro benzene ring substituents is 1. The summed E-state index contributed by atoms with van der Waals surface area (Å²) in [6, 6.07) is 12.3. The number of halogens is 1. The summed E-state index contributed by atoms with van der Waals surface area (Å²) >= 11 is 5.91. The molecule has 9 heteroatoms. The molecule has 144 valence electrons. The molecule has 3 rings (SSSR count). The topological polar surface area (TPSA) is 107 Å². The fourth-order valence-electron chi connectivity index (χ4n) is 3.36. The van der Waals surface area contributed by atoms with E-state index in [1.54, 1.807) is 12.1 Å². The number of nitrogens with zero attached hydrogens (tertiary/aromatic N) is 2. The minimum Gasteiger partial charge on any atom is -0.324 e. The lowest BCUT2D eigenvalue weighted by atomic mass is 9.85. The highest BCUT2D eigenvalue weighted by atomic mass is 35.5. The Morgan fingerprint density at radius 3 is 2.37 bits per heavy atom. The van der Waals surface area contributed by atoms with Gasteiger partial charge in [-0.2, -0.15) is 4.31 Å². The van der Waals surface area contributed by atoms with Gasteiger partial charge in [-0.05, 0) is 49.1 Å². The van der Waals surface area contributed by atoms with Crippen LogP contribution in [0.4, 0.5) is 5.69 Å². The minimum atomic E-state index is -3.76. The van der Waals surface area contributed by atoms with Crippen molar-refractivity contribution in [3.8, 4) is 0 Å². The SMILES string of the molecule is N[C@@]1(Cc2ccc(Cl)cc2)CCCN(S(=O)(=O)c2ccc([N+](=O)[O-])cc2)C1. The highest BCUT2D eigenvalue weighted by Gasteiger charge is 2.37. The van der Waals surface area contributed by atoms with Crippen LogP contribution in [0.1, 0.15) is 18.4 Å². The molecule has 2 N–H and O–H groups in total. The molecule has 0 aromatic heterocycles. The lowest BCUT2D eigenvalue weighted by Gasteiger charge is -2.39. The Kier molecular flexibility index (Phi) is 5.53. The first-order valence-corrected chi connectivity index (χ1v) is 10.3. The number of piperidine rings is 1. The molecule has 0 saturated carbocycles. The number of rotatable bonds is 5. The van der Waals surface area contributed by atoms with Gasteiger partial charge in [-0.25, -0.2) is 8.42 Å². The van der Waals surface area contributed by atoms with Gasteiger partial charge in [0.1, 0.15) is 0 Å². The van der Waals surface area contributed by atoms with Crippen LogP contribution in [0, 0.1) is 10.1 Å². The molecule has 0 aliphatic carbocycles. The summed E-state index contributed by atoms with van der Waals surface area (Å²) in [4.78, 5) is 10.2. The standard InChI is InChI=1S/C18H20ClN3O4S/c19-15-4-2-14(3-5-15)12-18(20)10-1-11-21(13-18)27(25,26)17-8-6-16(7-9-17)22(23)24/h2-9H,1,10-13,20H2/t18-/m1/s1. The van der Waals surface area contributed by atoms with Crippen molar-refractivity contribution in [3.63, 3.8) is 0 Å². The van der Waals surface area contributed by atoms with Crippen LogP contribution in [0.2, 0.25) is 5.02 Å². The Morgan fingerprint density at radius 2 is 1.78 bits per heavy atom. The first kappa shape index (κ1) is 19.8. The third-order valence-electron chi connectivity index (χ3n) is 4.73. The summed E-state index contributed by atoms with van der Waals surface area (Å²) in [5.41, 5.74) is 6.70. The van der Waals surface area contributed by atoms with Crippen LogP contribution in [0.5, 0.6) is 0 Å². The summed E-state index contributed by atoms with van der Waals surface area (Å²) < 4.78 is 27.2. The summed E-state index contributed by atoms with van der Waals surface area (Å²) in [6.07, 6.45) is 1.90. The van der Waals surface area contributed by atoms with Gasteiger partial charge in [-0.3, -0.25) is 10.1 Å². The van der Waals surface area contributed by atoms with Gasteiger partial charge in [-0.15, -0.1) is 0 Å². The van der Waals surface area contributed by atoms with Crippen LogP contribution in [-0.4, -0.2) is 36.3 Å². The fourth-order valence-corrected chi connectivity index (χ4v) is 5.06. The number of nitro benzene ring substituents is 1. The molecule has 1 saturated heterocycles. The molecule has 1 atom stereocenters. The summed E-state index contributed by atoms with van der Waals surface area (Å²) in [7, 11) is -3.76. The van der Waals surface area contributed by atoms with E-state index in [-0.39, 0.29) is 17.1 Å². The van der Waals surface area contributed by atoms with Crippen molar-refractivity contribution in [1.82, 2.24) is 4.31 Å². The number of hydrogen-bond acceptors (Lipinski definition) is 5. The van der Waals surface area contributed by atoms with E-state index in [0.29, 0.717) is 30.8 Å². The lowest BCUT2D eigenvalue weighted by molar-refractivity contribution is -0.384. The number of hydrogen-bond donors (Lipinski definition) is 1. The predicted octanol–water partition coefficient (Wildman–Crippen LogP) is 2.97. The van der Waals surface area contributed by atoms with E-state index in [1.165, 1.54) is 28.6 Å². The van der Waals surface area contributed by atoms with E-state index < -0.39 is 20.5 Å². The molecule has 7 nitrogen and oxygen atoms in total. The third-order valence-corrected chi connectivity index (χ3v) is 6.84. The molecule has 27 heavy (non-hydrogen) atoms. The van der Waals surface area contributed by atoms with E-state index in [0.717, 1.165) is 5.56 Å². The van der Waals surface area contributed by atoms with E-state index in [9.17, 15) is 18.5 Å². The smallest absolute Gasteiger partial charge is 0.269 e. The molecular weight excluding hydrogens is 390 g/mol. The van der Waals surface area contributed by atoms with Gasteiger partial charge in [0.05, 0.1) is 9.82 Å². The third kappa shape index (κ3) is 4.47. The lowest BCUT2D eigenvalue weighted by Crippen LogP contribution is -2.56. The quantitative estimate of drug-likeness (QED) is 0.603. The minimum absolute atomic E-state index is 0.0313. The van der Waals surface area contributed by atoms with E-state index in [4.69, 9.17) is 17.3 Å². The van der Waals surface area contributed by atoms with Gasteiger partial charge >= 0.3 is 0 Å². The molecule has 1 heterocycles. The molecule has 2 aromatic carbocycles. The second-order valence-corrected chi connectivity index (χ2v) is 9.23. The van der Waals surface area contributed by atoms with Crippen LogP contribution in [0.3, 0.4) is 0 Å². The Hall–Kier alpha value is -2.00. The van der Waals surface area contributed by atoms with Crippen LogP contribution in [-0.2, 0) is 16.4 Å². The van der Waals surface area contributed by atoms with E-state index in [1.807, 2.05) is 12.1 Å². The maximum absolute atomic E-state index is 12.9. The summed E-state index contributed by atoms with van der Waals surface area (Å²) in [6.45, 7) is 0.563. The average molecular weight is 410 g/mol. The molecule has 1 aliphatic rings. The number of nitro groups is 1. The van der Waals surface area contributed by atoms with Crippen LogP contribution in [0.25, 0.3) is 0 Å². The second kappa shape index (κ2) is 7.55. The van der Waals surface area contributed by atoms with E-state index in [2.05, 4.69) is 0 Å². The van der Waals surface area contributed by atoms with Crippen LogP contribution in [0.15, 0.2) is 53.4 Å². The van der Waals surface area contributed by atoms with Crippen molar-refractivity contribution >= 4 is 27.3 Å². The Morgan fingerprint density at radius 1 is 1.15 bits per heavy atom. The van der Waals surface area contributed by atoms with Crippen molar-refractivity contribution in [2.45, 2.75) is 29.7 Å². The average Bonchev–Trinajstić information content (AvgIpc) is 2.63. The molecule has 0 spiro atoms. The molecule has 0 unspecified atom stereocenters. The van der Waals surface area contributed by atoms with Crippen LogP contribution < -0.4 is 5.73 Å². The highest BCUT2D eigenvalue weighted by Crippen LogP contribution is 2.28. The largest absolute Gasteiger partial charge is 0.324 e. The molecule has 1 aliphatic heterocycles. The molecule has 0 bridgehead atoms. The monoisotopic (exact) mass is 409 g/mol. The first-order valence-electron chi connectivity index (χ1n) is 8.48. The fraction of sp³-hybridized carbons (Fsp3) is 0.333. The molecule has 2 aromatic rings. The van der Waals surface area contributed by atoms with Gasteiger partial charge < -0.3 is 5.73 Å². The Bertz CT molecular complexity index is 932. The van der Waals surface area contributed by atoms with Crippen molar-refractivity contribution in [2.75, 3.05) is 13.1 Å². The predicted molar refractivity (Wildman–Crippen MR) is 103 cm³/mol.